The number of nitriles is 1. The second kappa shape index (κ2) is 4.15. The van der Waals surface area contributed by atoms with Crippen molar-refractivity contribution in [3.63, 3.8) is 0 Å². The average molecular weight is 216 g/mol. The molecule has 0 spiro atoms. The lowest BCUT2D eigenvalue weighted by molar-refractivity contribution is 0.414. The molecule has 3 nitrogen and oxygen atoms in total. The van der Waals surface area contributed by atoms with Crippen molar-refractivity contribution in [2.24, 2.45) is 5.73 Å². The van der Waals surface area contributed by atoms with Crippen LogP contribution in [-0.2, 0) is 0 Å². The molecule has 1 fully saturated rings. The van der Waals surface area contributed by atoms with Crippen molar-refractivity contribution in [3.8, 4) is 11.8 Å². The van der Waals surface area contributed by atoms with Crippen LogP contribution in [0.4, 0.5) is 0 Å². The lowest BCUT2D eigenvalue weighted by Gasteiger charge is -2.14. The molecule has 1 aliphatic carbocycles. The summed E-state index contributed by atoms with van der Waals surface area (Å²) in [7, 11) is 1.66. The highest BCUT2D eigenvalue weighted by Crippen LogP contribution is 2.39. The first kappa shape index (κ1) is 11.0. The van der Waals surface area contributed by atoms with Gasteiger partial charge in [-0.1, -0.05) is 12.1 Å². The van der Waals surface area contributed by atoms with Gasteiger partial charge in [0.15, 0.2) is 0 Å². The molecule has 84 valence electrons. The van der Waals surface area contributed by atoms with Crippen molar-refractivity contribution in [3.05, 3.63) is 29.8 Å². The number of ether oxygens (including phenoxy) is 1. The highest BCUT2D eigenvalue weighted by atomic mass is 16.5. The fraction of sp³-hybridized carbons (Fsp3) is 0.462. The number of hydrogen-bond acceptors (Lipinski definition) is 3. The monoisotopic (exact) mass is 216 g/mol. The van der Waals surface area contributed by atoms with Crippen molar-refractivity contribution in [1.29, 1.82) is 5.26 Å². The molecule has 1 aliphatic rings. The molecule has 1 aromatic carbocycles. The van der Waals surface area contributed by atoms with Crippen LogP contribution in [0.25, 0.3) is 0 Å². The van der Waals surface area contributed by atoms with Crippen molar-refractivity contribution in [2.75, 3.05) is 7.11 Å². The molecule has 0 aliphatic heterocycles. The Morgan fingerprint density at radius 3 is 2.62 bits per heavy atom. The lowest BCUT2D eigenvalue weighted by atomic mass is 9.94. The van der Waals surface area contributed by atoms with Gasteiger partial charge in [0, 0.05) is 0 Å². The summed E-state index contributed by atoms with van der Waals surface area (Å²) >= 11 is 0. The summed E-state index contributed by atoms with van der Waals surface area (Å²) in [5.74, 6) is 1.27. The summed E-state index contributed by atoms with van der Waals surface area (Å²) < 4.78 is 5.12. The van der Waals surface area contributed by atoms with Crippen molar-refractivity contribution >= 4 is 0 Å². The van der Waals surface area contributed by atoms with Crippen LogP contribution in [0.15, 0.2) is 24.3 Å². The number of rotatable bonds is 2. The number of nitrogens with two attached hydrogens (primary N) is 1. The van der Waals surface area contributed by atoms with E-state index in [1.807, 2.05) is 12.1 Å². The predicted molar refractivity (Wildman–Crippen MR) is 62.1 cm³/mol. The van der Waals surface area contributed by atoms with E-state index in [0.29, 0.717) is 5.92 Å². The molecule has 2 unspecified atom stereocenters. The molecule has 0 saturated heterocycles. The SMILES string of the molecule is COc1ccc(C2CCC(N)(C#N)C2)cc1. The Balaban J connectivity index is 2.12. The first-order valence-corrected chi connectivity index (χ1v) is 5.51. The van der Waals surface area contributed by atoms with Crippen LogP contribution in [-0.4, -0.2) is 12.6 Å². The Morgan fingerprint density at radius 2 is 2.12 bits per heavy atom. The second-order valence-corrected chi connectivity index (χ2v) is 4.48. The van der Waals surface area contributed by atoms with Gasteiger partial charge >= 0.3 is 0 Å². The Morgan fingerprint density at radius 1 is 1.44 bits per heavy atom. The topological polar surface area (TPSA) is 59.0 Å². The summed E-state index contributed by atoms with van der Waals surface area (Å²) in [5, 5.41) is 8.98. The fourth-order valence-corrected chi connectivity index (χ4v) is 2.34. The van der Waals surface area contributed by atoms with Crippen molar-refractivity contribution in [1.82, 2.24) is 0 Å². The van der Waals surface area contributed by atoms with Crippen LogP contribution >= 0.6 is 0 Å². The average Bonchev–Trinajstić information content (AvgIpc) is 2.73. The zero-order valence-corrected chi connectivity index (χ0v) is 9.44. The second-order valence-electron chi connectivity index (χ2n) is 4.48. The van der Waals surface area contributed by atoms with Gasteiger partial charge in [-0.25, -0.2) is 0 Å². The Kier molecular flexibility index (Phi) is 2.84. The first-order chi connectivity index (χ1) is 7.67. The molecule has 2 rings (SSSR count). The molecule has 2 N–H and O–H groups in total. The van der Waals surface area contributed by atoms with Crippen molar-refractivity contribution in [2.45, 2.75) is 30.7 Å². The van der Waals surface area contributed by atoms with Crippen LogP contribution in [0.2, 0.25) is 0 Å². The van der Waals surface area contributed by atoms with Crippen LogP contribution in [0.1, 0.15) is 30.7 Å². The normalized spacial score (nSPS) is 28.7. The number of hydrogen-bond donors (Lipinski definition) is 1. The lowest BCUT2D eigenvalue weighted by Crippen LogP contribution is -2.34. The Labute approximate surface area is 95.8 Å². The quantitative estimate of drug-likeness (QED) is 0.824. The van der Waals surface area contributed by atoms with Gasteiger partial charge in [-0.15, -0.1) is 0 Å². The molecule has 0 aromatic heterocycles. The van der Waals surface area contributed by atoms with Gasteiger partial charge < -0.3 is 10.5 Å². The van der Waals surface area contributed by atoms with Gasteiger partial charge in [0.2, 0.25) is 0 Å². The van der Waals surface area contributed by atoms with E-state index in [-0.39, 0.29) is 0 Å². The van der Waals surface area contributed by atoms with Gasteiger partial charge in [0.1, 0.15) is 11.3 Å². The maximum atomic E-state index is 8.98. The molecule has 0 heterocycles. The molecule has 0 amide bonds. The molecule has 0 radical (unpaired) electrons. The third kappa shape index (κ3) is 2.02. The van der Waals surface area contributed by atoms with Crippen LogP contribution in [0.5, 0.6) is 5.75 Å². The molecule has 3 heteroatoms. The van der Waals surface area contributed by atoms with E-state index in [2.05, 4.69) is 18.2 Å². The standard InChI is InChI=1S/C13H16N2O/c1-16-12-4-2-10(3-5-12)11-6-7-13(15,8-11)9-14/h2-5,11H,6-8,15H2,1H3. The molecule has 1 aromatic rings. The minimum atomic E-state index is -0.620. The third-order valence-electron chi connectivity index (χ3n) is 3.36. The summed E-state index contributed by atoms with van der Waals surface area (Å²) in [6.45, 7) is 0. The Hall–Kier alpha value is -1.53. The largest absolute Gasteiger partial charge is 0.497 e. The van der Waals surface area contributed by atoms with Gasteiger partial charge in [0.25, 0.3) is 0 Å². The van der Waals surface area contributed by atoms with Crippen LogP contribution in [0.3, 0.4) is 0 Å². The molecular weight excluding hydrogens is 200 g/mol. The highest BCUT2D eigenvalue weighted by molar-refractivity contribution is 5.31. The van der Waals surface area contributed by atoms with Crippen LogP contribution < -0.4 is 10.5 Å². The van der Waals surface area contributed by atoms with E-state index >= 15 is 0 Å². The number of nitrogens with zero attached hydrogens (tertiary/aromatic N) is 1. The molecule has 1 saturated carbocycles. The van der Waals surface area contributed by atoms with Crippen molar-refractivity contribution < 1.29 is 4.74 Å². The summed E-state index contributed by atoms with van der Waals surface area (Å²) in [5.41, 5.74) is 6.59. The molecule has 16 heavy (non-hydrogen) atoms. The van der Waals surface area contributed by atoms with E-state index in [1.54, 1.807) is 7.11 Å². The fourth-order valence-electron chi connectivity index (χ4n) is 2.34. The predicted octanol–water partition coefficient (Wildman–Crippen LogP) is 2.18. The molecule has 2 atom stereocenters. The van der Waals surface area contributed by atoms with Gasteiger partial charge in [-0.2, -0.15) is 5.26 Å². The summed E-state index contributed by atoms with van der Waals surface area (Å²) in [4.78, 5) is 0. The maximum absolute atomic E-state index is 8.98. The zero-order chi connectivity index (χ0) is 11.6. The van der Waals surface area contributed by atoms with Crippen LogP contribution in [0, 0.1) is 11.3 Å². The first-order valence-electron chi connectivity index (χ1n) is 5.51. The minimum Gasteiger partial charge on any atom is -0.497 e. The van der Waals surface area contributed by atoms with E-state index in [4.69, 9.17) is 15.7 Å². The van der Waals surface area contributed by atoms with E-state index in [0.717, 1.165) is 25.0 Å². The summed E-state index contributed by atoms with van der Waals surface area (Å²) in [6, 6.07) is 10.3. The van der Waals surface area contributed by atoms with Gasteiger partial charge in [-0.05, 0) is 42.9 Å². The Bertz CT molecular complexity index is 407. The highest BCUT2D eigenvalue weighted by Gasteiger charge is 2.36. The molecular formula is C13H16N2O. The zero-order valence-electron chi connectivity index (χ0n) is 9.44. The third-order valence-corrected chi connectivity index (χ3v) is 3.36. The van der Waals surface area contributed by atoms with E-state index in [1.165, 1.54) is 5.56 Å². The maximum Gasteiger partial charge on any atom is 0.118 e. The number of benzene rings is 1. The van der Waals surface area contributed by atoms with Gasteiger partial charge in [0.05, 0.1) is 13.2 Å². The summed E-state index contributed by atoms with van der Waals surface area (Å²) in [6.07, 6.45) is 2.55. The van der Waals surface area contributed by atoms with E-state index in [9.17, 15) is 0 Å². The molecule has 0 bridgehead atoms. The minimum absolute atomic E-state index is 0.413. The number of methoxy groups -OCH3 is 1. The smallest absolute Gasteiger partial charge is 0.118 e. The van der Waals surface area contributed by atoms with Gasteiger partial charge in [-0.3, -0.25) is 0 Å². The van der Waals surface area contributed by atoms with E-state index < -0.39 is 5.54 Å².